The summed E-state index contributed by atoms with van der Waals surface area (Å²) < 4.78 is 5.43. The number of benzene rings is 2. The molecule has 0 fully saturated rings. The Morgan fingerprint density at radius 2 is 1.95 bits per heavy atom. The van der Waals surface area contributed by atoms with Crippen LogP contribution in [-0.2, 0) is 4.79 Å². The van der Waals surface area contributed by atoms with Gasteiger partial charge in [-0.05, 0) is 24.3 Å². The number of phenols is 1. The van der Waals surface area contributed by atoms with Crippen LogP contribution in [0.15, 0.2) is 48.5 Å². The second kappa shape index (κ2) is 6.82. The van der Waals surface area contributed by atoms with Crippen LogP contribution in [0.4, 0.5) is 5.69 Å². The van der Waals surface area contributed by atoms with E-state index in [2.05, 4.69) is 5.32 Å². The summed E-state index contributed by atoms with van der Waals surface area (Å²) in [6, 6.07) is 13.8. The molecule has 0 saturated heterocycles. The van der Waals surface area contributed by atoms with Gasteiger partial charge in [-0.3, -0.25) is 4.79 Å². The van der Waals surface area contributed by atoms with Crippen LogP contribution in [0.5, 0.6) is 11.5 Å². The summed E-state index contributed by atoms with van der Waals surface area (Å²) in [5, 5.41) is 12.3. The molecule has 0 heterocycles. The van der Waals surface area contributed by atoms with E-state index >= 15 is 0 Å². The first-order valence-electron chi connectivity index (χ1n) is 6.11. The van der Waals surface area contributed by atoms with E-state index in [1.807, 2.05) is 30.3 Å². The molecule has 5 heteroatoms. The maximum atomic E-state index is 11.7. The predicted molar refractivity (Wildman–Crippen MR) is 78.3 cm³/mol. The summed E-state index contributed by atoms with van der Waals surface area (Å²) in [6.07, 6.45) is 0.221. The first kappa shape index (κ1) is 14.2. The quantitative estimate of drug-likeness (QED) is 0.887. The number of anilines is 1. The fraction of sp³-hybridized carbons (Fsp3) is 0.133. The number of nitrogens with one attached hydrogen (secondary N) is 1. The van der Waals surface area contributed by atoms with E-state index < -0.39 is 0 Å². The van der Waals surface area contributed by atoms with Gasteiger partial charge in [0.15, 0.2) is 0 Å². The molecule has 0 aliphatic heterocycles. The summed E-state index contributed by atoms with van der Waals surface area (Å²) in [4.78, 5) is 11.7. The number of amides is 1. The van der Waals surface area contributed by atoms with Crippen molar-refractivity contribution in [2.24, 2.45) is 0 Å². The van der Waals surface area contributed by atoms with Gasteiger partial charge in [0.25, 0.3) is 0 Å². The fourth-order valence-corrected chi connectivity index (χ4v) is 1.71. The highest BCUT2D eigenvalue weighted by atomic mass is 35.5. The van der Waals surface area contributed by atoms with Crippen molar-refractivity contribution in [2.75, 3.05) is 11.9 Å². The fourth-order valence-electron chi connectivity index (χ4n) is 1.59. The van der Waals surface area contributed by atoms with Crippen LogP contribution in [-0.4, -0.2) is 17.6 Å². The standard InChI is InChI=1S/C15H14ClNO3/c16-13-7-6-11(10-14(13)18)17-15(19)8-9-20-12-4-2-1-3-5-12/h1-7,10,18H,8-9H2,(H,17,19). The number of ether oxygens (including phenoxy) is 1. The minimum absolute atomic E-state index is 0.0648. The van der Waals surface area contributed by atoms with Crippen LogP contribution >= 0.6 is 11.6 Å². The molecular weight excluding hydrogens is 278 g/mol. The van der Waals surface area contributed by atoms with Gasteiger partial charge < -0.3 is 15.2 Å². The molecule has 2 N–H and O–H groups in total. The molecule has 20 heavy (non-hydrogen) atoms. The molecule has 0 aliphatic carbocycles. The van der Waals surface area contributed by atoms with Crippen LogP contribution in [0.1, 0.15) is 6.42 Å². The molecule has 1 amide bonds. The lowest BCUT2D eigenvalue weighted by atomic mass is 10.3. The Kier molecular flexibility index (Phi) is 4.85. The van der Waals surface area contributed by atoms with Gasteiger partial charge in [0, 0.05) is 11.8 Å². The molecule has 0 aromatic heterocycles. The Balaban J connectivity index is 1.79. The molecular formula is C15H14ClNO3. The third kappa shape index (κ3) is 4.17. The third-order valence-electron chi connectivity index (χ3n) is 2.57. The largest absolute Gasteiger partial charge is 0.506 e. The SMILES string of the molecule is O=C(CCOc1ccccc1)Nc1ccc(Cl)c(O)c1. The van der Waals surface area contributed by atoms with Gasteiger partial charge in [-0.1, -0.05) is 29.8 Å². The Hall–Kier alpha value is -2.20. The maximum Gasteiger partial charge on any atom is 0.227 e. The van der Waals surface area contributed by atoms with Gasteiger partial charge in [-0.25, -0.2) is 0 Å². The number of carbonyl (C=O) groups excluding carboxylic acids is 1. The van der Waals surface area contributed by atoms with Crippen molar-refractivity contribution < 1.29 is 14.6 Å². The van der Waals surface area contributed by atoms with Crippen LogP contribution in [0.3, 0.4) is 0 Å². The first-order chi connectivity index (χ1) is 9.65. The normalized spacial score (nSPS) is 10.1. The number of hydrogen-bond acceptors (Lipinski definition) is 3. The van der Waals surface area contributed by atoms with Crippen molar-refractivity contribution in [3.8, 4) is 11.5 Å². The molecule has 0 aliphatic rings. The molecule has 2 aromatic rings. The summed E-state index contributed by atoms with van der Waals surface area (Å²) in [5.41, 5.74) is 0.497. The van der Waals surface area contributed by atoms with Gasteiger partial charge in [0.05, 0.1) is 18.1 Å². The van der Waals surface area contributed by atoms with Crippen LogP contribution in [0.2, 0.25) is 5.02 Å². The Morgan fingerprint density at radius 1 is 1.20 bits per heavy atom. The minimum Gasteiger partial charge on any atom is -0.506 e. The zero-order valence-corrected chi connectivity index (χ0v) is 11.4. The second-order valence-electron chi connectivity index (χ2n) is 4.13. The Labute approximate surface area is 122 Å². The average Bonchev–Trinajstić information content (AvgIpc) is 2.44. The van der Waals surface area contributed by atoms with E-state index in [0.29, 0.717) is 5.69 Å². The molecule has 2 aromatic carbocycles. The van der Waals surface area contributed by atoms with Gasteiger partial charge in [0.1, 0.15) is 11.5 Å². The molecule has 0 radical (unpaired) electrons. The molecule has 0 atom stereocenters. The van der Waals surface area contributed by atoms with Gasteiger partial charge in [0.2, 0.25) is 5.91 Å². The number of carbonyl (C=O) groups is 1. The minimum atomic E-state index is -0.192. The first-order valence-corrected chi connectivity index (χ1v) is 6.49. The van der Waals surface area contributed by atoms with Gasteiger partial charge in [-0.2, -0.15) is 0 Å². The van der Waals surface area contributed by atoms with Gasteiger partial charge >= 0.3 is 0 Å². The smallest absolute Gasteiger partial charge is 0.227 e. The highest BCUT2D eigenvalue weighted by Crippen LogP contribution is 2.26. The summed E-state index contributed by atoms with van der Waals surface area (Å²) in [7, 11) is 0. The van der Waals surface area contributed by atoms with Gasteiger partial charge in [-0.15, -0.1) is 0 Å². The number of aromatic hydroxyl groups is 1. The lowest BCUT2D eigenvalue weighted by molar-refractivity contribution is -0.116. The zero-order chi connectivity index (χ0) is 14.4. The van der Waals surface area contributed by atoms with E-state index in [9.17, 15) is 9.90 Å². The Morgan fingerprint density at radius 3 is 2.65 bits per heavy atom. The number of rotatable bonds is 5. The topological polar surface area (TPSA) is 58.6 Å². The van der Waals surface area contributed by atoms with E-state index in [4.69, 9.17) is 16.3 Å². The molecule has 2 rings (SSSR count). The van der Waals surface area contributed by atoms with Crippen molar-refractivity contribution in [1.82, 2.24) is 0 Å². The Bertz CT molecular complexity index is 587. The summed E-state index contributed by atoms with van der Waals surface area (Å²) in [5.74, 6) is 0.470. The lowest BCUT2D eigenvalue weighted by Gasteiger charge is -2.08. The molecule has 0 unspecified atom stereocenters. The van der Waals surface area contributed by atoms with Crippen molar-refractivity contribution in [3.05, 3.63) is 53.6 Å². The van der Waals surface area contributed by atoms with Crippen LogP contribution in [0, 0.1) is 0 Å². The molecule has 0 spiro atoms. The lowest BCUT2D eigenvalue weighted by Crippen LogP contribution is -2.15. The monoisotopic (exact) mass is 291 g/mol. The number of para-hydroxylation sites is 1. The highest BCUT2D eigenvalue weighted by Gasteiger charge is 2.05. The summed E-state index contributed by atoms with van der Waals surface area (Å²) in [6.45, 7) is 0.287. The second-order valence-corrected chi connectivity index (χ2v) is 4.53. The van der Waals surface area contributed by atoms with E-state index in [-0.39, 0.29) is 29.7 Å². The van der Waals surface area contributed by atoms with Crippen LogP contribution in [0.25, 0.3) is 0 Å². The molecule has 0 bridgehead atoms. The van der Waals surface area contributed by atoms with Crippen molar-refractivity contribution in [3.63, 3.8) is 0 Å². The maximum absolute atomic E-state index is 11.7. The van der Waals surface area contributed by atoms with E-state index in [1.165, 1.54) is 12.1 Å². The average molecular weight is 292 g/mol. The molecule has 4 nitrogen and oxygen atoms in total. The zero-order valence-electron chi connectivity index (χ0n) is 10.7. The predicted octanol–water partition coefficient (Wildman–Crippen LogP) is 3.45. The third-order valence-corrected chi connectivity index (χ3v) is 2.89. The summed E-state index contributed by atoms with van der Waals surface area (Å²) >= 11 is 5.69. The number of phenolic OH excluding ortho intramolecular Hbond substituents is 1. The molecule has 104 valence electrons. The number of hydrogen-bond donors (Lipinski definition) is 2. The molecule has 0 saturated carbocycles. The van der Waals surface area contributed by atoms with E-state index in [1.54, 1.807) is 6.07 Å². The highest BCUT2D eigenvalue weighted by molar-refractivity contribution is 6.32. The van der Waals surface area contributed by atoms with Crippen molar-refractivity contribution in [2.45, 2.75) is 6.42 Å². The van der Waals surface area contributed by atoms with E-state index in [0.717, 1.165) is 5.75 Å². The van der Waals surface area contributed by atoms with Crippen molar-refractivity contribution >= 4 is 23.2 Å². The van der Waals surface area contributed by atoms with Crippen LogP contribution < -0.4 is 10.1 Å². The number of halogens is 1. The van der Waals surface area contributed by atoms with Crippen molar-refractivity contribution in [1.29, 1.82) is 0 Å².